The van der Waals surface area contributed by atoms with E-state index >= 15 is 0 Å². The largest absolute Gasteiger partial charge is 2.00 e. The molecule has 1 rings (SSSR count). The van der Waals surface area contributed by atoms with E-state index in [1.165, 1.54) is 26.2 Å². The smallest absolute Gasteiger partial charge is 0.693 e. The van der Waals surface area contributed by atoms with Crippen molar-refractivity contribution in [2.24, 2.45) is 0 Å². The van der Waals surface area contributed by atoms with Gasteiger partial charge in [0.2, 0.25) is 0 Å². The first-order chi connectivity index (χ1) is 6.86. The number of nitrogens with two attached hydrogens (primary N) is 1. The number of hydrogen-bond acceptors (Lipinski definition) is 2. The number of aliphatic hydroxyl groups is 1. The quantitative estimate of drug-likeness (QED) is 0.525. The van der Waals surface area contributed by atoms with Crippen LogP contribution < -0.4 is 0 Å². The third-order valence-electron chi connectivity index (χ3n) is 1.61. The number of carboxylic acids is 1. The molecule has 1 saturated carbocycles. The normalized spacial score (nSPS) is 11.9. The molecule has 7 nitrogen and oxygen atoms in total. The standard InChI is InChI=1S/C6H12N.C3H6O.C2H4O2.H2N.2H2O.Pt/c7-6-4-2-1-3-5-6;1-3(2)4;1-2(3)4;;;;/h6-7H,1-5H2;4H,1H2,2H3;1H3,(H,3,4);3*1H2;/q-1;;;-1;;;+2. The Balaban J connectivity index is -0.0000000320. The molecule has 1 aliphatic carbocycles. The van der Waals surface area contributed by atoms with Gasteiger partial charge in [0.05, 0.1) is 5.76 Å². The molecule has 9 N–H and O–H groups in total. The second kappa shape index (κ2) is 26.2. The zero-order valence-electron chi connectivity index (χ0n) is 11.5. The van der Waals surface area contributed by atoms with E-state index in [0.717, 1.165) is 19.8 Å². The molecule has 0 aromatic carbocycles. The number of nitrogens with one attached hydrogen (secondary N) is 1. The summed E-state index contributed by atoms with van der Waals surface area (Å²) in [6.45, 7) is 5.72. The average molecular weight is 463 g/mol. The fourth-order valence-electron chi connectivity index (χ4n) is 1.10. The van der Waals surface area contributed by atoms with Crippen molar-refractivity contribution in [1.29, 1.82) is 0 Å². The van der Waals surface area contributed by atoms with Crippen LogP contribution in [0.2, 0.25) is 0 Å². The molecule has 122 valence electrons. The van der Waals surface area contributed by atoms with Gasteiger partial charge in [-0.15, -0.1) is 6.04 Å². The molecule has 1 aliphatic rings. The van der Waals surface area contributed by atoms with Crippen LogP contribution >= 0.6 is 0 Å². The van der Waals surface area contributed by atoms with Gasteiger partial charge < -0.3 is 33.0 Å². The van der Waals surface area contributed by atoms with Gasteiger partial charge in [0.15, 0.2) is 0 Å². The van der Waals surface area contributed by atoms with Crippen molar-refractivity contribution in [3.8, 4) is 0 Å². The summed E-state index contributed by atoms with van der Waals surface area (Å²) in [6.07, 6.45) is 6.28. The number of hydrogen-bond donors (Lipinski definition) is 2. The van der Waals surface area contributed by atoms with Crippen LogP contribution in [-0.2, 0) is 25.9 Å². The topological polar surface area (TPSA) is 178 Å². The summed E-state index contributed by atoms with van der Waals surface area (Å²) in [6, 6.07) is 0.286. The van der Waals surface area contributed by atoms with Crippen LogP contribution in [-0.4, -0.2) is 33.2 Å². The third-order valence-corrected chi connectivity index (χ3v) is 1.61. The summed E-state index contributed by atoms with van der Waals surface area (Å²) in [7, 11) is 0. The van der Waals surface area contributed by atoms with Gasteiger partial charge in [0, 0.05) is 6.92 Å². The van der Waals surface area contributed by atoms with Crippen LogP contribution in [0, 0.1) is 0 Å². The van der Waals surface area contributed by atoms with Gasteiger partial charge in [-0.05, 0) is 6.92 Å². The van der Waals surface area contributed by atoms with Crippen molar-refractivity contribution in [3.63, 3.8) is 0 Å². The van der Waals surface area contributed by atoms with Crippen molar-refractivity contribution in [2.75, 3.05) is 0 Å². The molecule has 0 amide bonds. The third kappa shape index (κ3) is 74.5. The van der Waals surface area contributed by atoms with E-state index in [2.05, 4.69) is 6.58 Å². The molecule has 0 aliphatic heterocycles. The second-order valence-corrected chi connectivity index (χ2v) is 3.59. The van der Waals surface area contributed by atoms with E-state index in [9.17, 15) is 0 Å². The van der Waals surface area contributed by atoms with Gasteiger partial charge in [-0.25, -0.2) is 0 Å². The van der Waals surface area contributed by atoms with Crippen molar-refractivity contribution < 1.29 is 47.0 Å². The van der Waals surface area contributed by atoms with Gasteiger partial charge in [0.25, 0.3) is 5.97 Å². The van der Waals surface area contributed by atoms with E-state index in [1.54, 1.807) is 0 Å². The van der Waals surface area contributed by atoms with Gasteiger partial charge >= 0.3 is 21.1 Å². The first-order valence-electron chi connectivity index (χ1n) is 5.11. The van der Waals surface area contributed by atoms with Crippen LogP contribution in [0.3, 0.4) is 0 Å². The molecule has 0 aromatic rings. The Kier molecular flexibility index (Phi) is 50.0. The maximum atomic E-state index is 9.00. The van der Waals surface area contributed by atoms with Gasteiger partial charge in [-0.1, -0.05) is 38.7 Å². The van der Waals surface area contributed by atoms with Crippen molar-refractivity contribution in [2.45, 2.75) is 52.0 Å². The molecule has 19 heavy (non-hydrogen) atoms. The summed E-state index contributed by atoms with van der Waals surface area (Å²) < 4.78 is 0. The second-order valence-electron chi connectivity index (χ2n) is 3.59. The fourth-order valence-corrected chi connectivity index (χ4v) is 1.10. The minimum Gasteiger partial charge on any atom is -0.693 e. The minimum atomic E-state index is -0.833. The molecule has 0 bridgehead atoms. The molecule has 0 spiro atoms. The fraction of sp³-hybridized carbons (Fsp3) is 0.727. The zero-order chi connectivity index (χ0) is 12.3. The maximum absolute atomic E-state index is 9.00. The molecule has 1 fully saturated rings. The average Bonchev–Trinajstić information content (AvgIpc) is 2.03. The van der Waals surface area contributed by atoms with Gasteiger partial charge in [-0.3, -0.25) is 4.79 Å². The number of aliphatic carboxylic acids is 1. The SMILES string of the molecule is C=C(C)O.CC(=O)O.O.O.[NH-]C1CCCCC1.[NH2-].[Pt+2]. The monoisotopic (exact) mass is 463 g/mol. The Hall–Kier alpha value is -0.462. The van der Waals surface area contributed by atoms with Crippen molar-refractivity contribution in [1.82, 2.24) is 0 Å². The number of carbonyl (C=O) groups is 1. The Labute approximate surface area is 129 Å². The van der Waals surface area contributed by atoms with E-state index in [-0.39, 0.29) is 50.0 Å². The Morgan fingerprint density at radius 1 is 1.11 bits per heavy atom. The predicted octanol–water partition coefficient (Wildman–Crippen LogP) is 2.61. The molecule has 0 heterocycles. The zero-order valence-corrected chi connectivity index (χ0v) is 13.8. The molecule has 0 aromatic heterocycles. The van der Waals surface area contributed by atoms with E-state index in [4.69, 9.17) is 20.7 Å². The van der Waals surface area contributed by atoms with Crippen LogP contribution in [0.25, 0.3) is 11.9 Å². The van der Waals surface area contributed by atoms with E-state index in [1.807, 2.05) is 0 Å². The number of allylic oxidation sites excluding steroid dienone is 1. The summed E-state index contributed by atoms with van der Waals surface area (Å²) >= 11 is 0. The Morgan fingerprint density at radius 2 is 1.32 bits per heavy atom. The predicted molar refractivity (Wildman–Crippen MR) is 74.5 cm³/mol. The molecular formula is C11H28N2O5Pt. The number of rotatable bonds is 0. The van der Waals surface area contributed by atoms with Crippen LogP contribution in [0.15, 0.2) is 12.3 Å². The summed E-state index contributed by atoms with van der Waals surface area (Å²) in [4.78, 5) is 9.00. The molecule has 0 radical (unpaired) electrons. The molecule has 0 saturated heterocycles. The number of aliphatic hydroxyl groups excluding tert-OH is 1. The summed E-state index contributed by atoms with van der Waals surface area (Å²) in [5.74, 6) is -0.667. The molecule has 8 heteroatoms. The molecule has 0 unspecified atom stereocenters. The van der Waals surface area contributed by atoms with Crippen LogP contribution in [0.4, 0.5) is 0 Å². The first kappa shape index (κ1) is 36.3. The Bertz CT molecular complexity index is 168. The first-order valence-corrected chi connectivity index (χ1v) is 5.11. The molecule has 0 atom stereocenters. The van der Waals surface area contributed by atoms with Gasteiger partial charge in [-0.2, -0.15) is 0 Å². The van der Waals surface area contributed by atoms with Crippen LogP contribution in [0.5, 0.6) is 0 Å². The summed E-state index contributed by atoms with van der Waals surface area (Å²) in [5, 5.41) is 15.3. The van der Waals surface area contributed by atoms with E-state index in [0.29, 0.717) is 0 Å². The van der Waals surface area contributed by atoms with Crippen LogP contribution in [0.1, 0.15) is 46.0 Å². The number of carboxylic acid groups (broad SMARTS) is 1. The maximum Gasteiger partial charge on any atom is 2.00 e. The van der Waals surface area contributed by atoms with Crippen molar-refractivity contribution >= 4 is 5.97 Å². The van der Waals surface area contributed by atoms with E-state index < -0.39 is 5.97 Å². The Morgan fingerprint density at radius 3 is 1.42 bits per heavy atom. The summed E-state index contributed by atoms with van der Waals surface area (Å²) in [5.41, 5.74) is 7.27. The van der Waals surface area contributed by atoms with Crippen molar-refractivity contribution in [3.05, 3.63) is 24.2 Å². The molecular weight excluding hydrogens is 435 g/mol. The minimum absolute atomic E-state index is 0. The van der Waals surface area contributed by atoms with Gasteiger partial charge in [0.1, 0.15) is 0 Å².